The highest BCUT2D eigenvalue weighted by atomic mass is 32.2. The average molecular weight is 510 g/mol. The van der Waals surface area contributed by atoms with Crippen molar-refractivity contribution in [2.24, 2.45) is 0 Å². The second-order valence-electron chi connectivity index (χ2n) is 9.57. The number of H-pyrrole nitrogens is 1. The number of nitrogens with zero attached hydrogens (tertiary/aromatic N) is 5. The smallest absolute Gasteiger partial charge is 0.434 e. The number of pyridine rings is 1. The van der Waals surface area contributed by atoms with E-state index in [0.717, 1.165) is 18.0 Å². The van der Waals surface area contributed by atoms with Crippen molar-refractivity contribution in [3.05, 3.63) is 30.2 Å². The van der Waals surface area contributed by atoms with Crippen molar-refractivity contribution in [3.8, 4) is 0 Å². The van der Waals surface area contributed by atoms with Crippen LogP contribution in [0.4, 0.5) is 23.9 Å². The lowest BCUT2D eigenvalue weighted by Crippen LogP contribution is -2.54. The van der Waals surface area contributed by atoms with Crippen LogP contribution in [0.3, 0.4) is 0 Å². The number of aromatic amines is 1. The van der Waals surface area contributed by atoms with E-state index in [1.807, 2.05) is 32.6 Å². The van der Waals surface area contributed by atoms with Crippen LogP contribution in [-0.2, 0) is 10.9 Å². The Morgan fingerprint density at radius 1 is 1.20 bits per heavy atom. The Morgan fingerprint density at radius 2 is 1.91 bits per heavy atom. The number of alkyl carbamates (subject to hydrolysis) is 1. The summed E-state index contributed by atoms with van der Waals surface area (Å²) in [4.78, 5) is 33.9. The number of carbonyl (C=O) groups excluding carboxylic acids is 1. The maximum Gasteiger partial charge on any atom is 0.434 e. The van der Waals surface area contributed by atoms with Crippen molar-refractivity contribution in [3.63, 3.8) is 0 Å². The van der Waals surface area contributed by atoms with E-state index in [0.29, 0.717) is 48.2 Å². The number of amides is 1. The Kier molecular flexibility index (Phi) is 6.56. The molecule has 13 heteroatoms. The Bertz CT molecular complexity index is 1220. The van der Waals surface area contributed by atoms with E-state index in [1.165, 1.54) is 18.3 Å². The molecule has 1 aliphatic heterocycles. The summed E-state index contributed by atoms with van der Waals surface area (Å²) < 4.78 is 45.1. The number of alkyl halides is 3. The number of halogens is 3. The van der Waals surface area contributed by atoms with E-state index in [1.54, 1.807) is 0 Å². The molecule has 0 saturated carbocycles. The van der Waals surface area contributed by atoms with E-state index in [-0.39, 0.29) is 4.90 Å². The Morgan fingerprint density at radius 3 is 2.57 bits per heavy atom. The second kappa shape index (κ2) is 9.17. The minimum Gasteiger partial charge on any atom is -0.444 e. The summed E-state index contributed by atoms with van der Waals surface area (Å²) in [6, 6.07) is 2.79. The van der Waals surface area contributed by atoms with Gasteiger partial charge in [0.15, 0.2) is 17.0 Å². The molecule has 0 aliphatic carbocycles. The van der Waals surface area contributed by atoms with Gasteiger partial charge in [-0.05, 0) is 52.7 Å². The third kappa shape index (κ3) is 6.13. The molecular formula is C22H26F3N7O2S. The maximum absolute atomic E-state index is 13.2. The Hall–Kier alpha value is -3.09. The molecule has 0 unspecified atom stereocenters. The number of hydrogen-bond donors (Lipinski definition) is 2. The van der Waals surface area contributed by atoms with E-state index in [2.05, 4.69) is 30.2 Å². The number of aromatic nitrogens is 5. The summed E-state index contributed by atoms with van der Waals surface area (Å²) in [5.41, 5.74) is -1.20. The molecule has 3 aromatic heterocycles. The monoisotopic (exact) mass is 509 g/mol. The molecular weight excluding hydrogens is 483 g/mol. The van der Waals surface area contributed by atoms with Gasteiger partial charge in [-0.3, -0.25) is 4.98 Å². The van der Waals surface area contributed by atoms with Gasteiger partial charge in [-0.2, -0.15) is 18.2 Å². The number of rotatable bonds is 4. The summed E-state index contributed by atoms with van der Waals surface area (Å²) >= 11 is 0.840. The molecule has 1 aliphatic rings. The summed E-state index contributed by atoms with van der Waals surface area (Å²) in [5, 5.41) is 3.26. The van der Waals surface area contributed by atoms with Crippen molar-refractivity contribution < 1.29 is 22.7 Å². The molecule has 0 atom stereocenters. The van der Waals surface area contributed by atoms with Crippen LogP contribution in [0.5, 0.6) is 0 Å². The fourth-order valence-corrected chi connectivity index (χ4v) is 4.53. The van der Waals surface area contributed by atoms with Crippen LogP contribution >= 0.6 is 11.8 Å². The van der Waals surface area contributed by atoms with Crippen LogP contribution in [0, 0.1) is 0 Å². The van der Waals surface area contributed by atoms with Crippen molar-refractivity contribution in [2.45, 2.75) is 67.8 Å². The van der Waals surface area contributed by atoms with Gasteiger partial charge in [0.1, 0.15) is 10.6 Å². The zero-order valence-corrected chi connectivity index (χ0v) is 20.5. The van der Waals surface area contributed by atoms with Gasteiger partial charge >= 0.3 is 12.3 Å². The van der Waals surface area contributed by atoms with Crippen LogP contribution in [0.2, 0.25) is 0 Å². The van der Waals surface area contributed by atoms with E-state index in [9.17, 15) is 18.0 Å². The van der Waals surface area contributed by atoms with Gasteiger partial charge in [0, 0.05) is 29.7 Å². The normalized spacial score (nSPS) is 16.4. The maximum atomic E-state index is 13.2. The first-order chi connectivity index (χ1) is 16.3. The van der Waals surface area contributed by atoms with E-state index in [4.69, 9.17) is 4.74 Å². The highest BCUT2D eigenvalue weighted by molar-refractivity contribution is 7.99. The molecule has 3 aromatic rings. The van der Waals surface area contributed by atoms with Gasteiger partial charge in [0.05, 0.1) is 6.20 Å². The number of imidazole rings is 1. The van der Waals surface area contributed by atoms with Crippen LogP contribution < -0.4 is 10.2 Å². The summed E-state index contributed by atoms with van der Waals surface area (Å²) in [5.74, 6) is 0.568. The molecule has 0 bridgehead atoms. The van der Waals surface area contributed by atoms with Crippen molar-refractivity contribution in [1.82, 2.24) is 30.2 Å². The summed E-state index contributed by atoms with van der Waals surface area (Å²) in [7, 11) is 0. The third-order valence-corrected chi connectivity index (χ3v) is 6.35. The third-order valence-electron chi connectivity index (χ3n) is 5.40. The van der Waals surface area contributed by atoms with Crippen LogP contribution in [0.25, 0.3) is 11.3 Å². The minimum absolute atomic E-state index is 0.0545. The van der Waals surface area contributed by atoms with E-state index >= 15 is 0 Å². The fraction of sp³-hybridized carbons (Fsp3) is 0.500. The molecule has 1 saturated heterocycles. The molecule has 0 spiro atoms. The summed E-state index contributed by atoms with van der Waals surface area (Å²) in [6.07, 6.45) is -1.17. The molecule has 35 heavy (non-hydrogen) atoms. The minimum atomic E-state index is -4.57. The van der Waals surface area contributed by atoms with Gasteiger partial charge in [-0.15, -0.1) is 0 Å². The van der Waals surface area contributed by atoms with Gasteiger partial charge in [-0.1, -0.05) is 11.8 Å². The Balaban J connectivity index is 1.44. The second-order valence-corrected chi connectivity index (χ2v) is 10.6. The predicted octanol–water partition coefficient (Wildman–Crippen LogP) is 4.80. The lowest BCUT2D eigenvalue weighted by atomic mass is 9.90. The van der Waals surface area contributed by atoms with Gasteiger partial charge in [0.2, 0.25) is 5.95 Å². The first-order valence-corrected chi connectivity index (χ1v) is 11.8. The first kappa shape index (κ1) is 25.0. The molecule has 9 nitrogen and oxygen atoms in total. The summed E-state index contributed by atoms with van der Waals surface area (Å²) in [6.45, 7) is 8.68. The molecule has 1 amide bonds. The topological polar surface area (TPSA) is 109 Å². The molecule has 4 heterocycles. The molecule has 0 radical (unpaired) electrons. The standard InChI is InChI=1S/C22H26F3N7O2S/c1-20(2,3)34-19(33)31-21(4)7-10-32(11-8-21)18-29-16-17(30-18)28-14(12-27-16)35-13-6-5-9-26-15(13)22(23,24)25/h5-6,9,12H,7-8,10-11H2,1-4H3,(H,31,33)(H,27,28,29,30). The highest BCUT2D eigenvalue weighted by Crippen LogP contribution is 2.37. The fourth-order valence-electron chi connectivity index (χ4n) is 3.65. The number of ether oxygens (including phenoxy) is 1. The van der Waals surface area contributed by atoms with Gasteiger partial charge in [0.25, 0.3) is 0 Å². The quantitative estimate of drug-likeness (QED) is 0.516. The van der Waals surface area contributed by atoms with Crippen molar-refractivity contribution >= 4 is 35.1 Å². The predicted molar refractivity (Wildman–Crippen MR) is 124 cm³/mol. The zero-order valence-electron chi connectivity index (χ0n) is 19.7. The average Bonchev–Trinajstić information content (AvgIpc) is 3.15. The lowest BCUT2D eigenvalue weighted by Gasteiger charge is -2.39. The van der Waals surface area contributed by atoms with E-state index < -0.39 is 29.1 Å². The van der Waals surface area contributed by atoms with Crippen LogP contribution in [-0.4, -0.2) is 55.2 Å². The number of fused-ring (bicyclic) bond motifs is 1. The van der Waals surface area contributed by atoms with Gasteiger partial charge in [-0.25, -0.2) is 14.8 Å². The van der Waals surface area contributed by atoms with Crippen LogP contribution in [0.1, 0.15) is 46.2 Å². The SMILES string of the molecule is CC1(NC(=O)OC(C)(C)C)CCN(c2nc3ncc(Sc4cccnc4C(F)(F)F)nc3[nH]2)CC1. The molecule has 188 valence electrons. The molecule has 1 fully saturated rings. The number of piperidine rings is 1. The van der Waals surface area contributed by atoms with Crippen LogP contribution in [0.15, 0.2) is 34.4 Å². The van der Waals surface area contributed by atoms with Crippen molar-refractivity contribution in [2.75, 3.05) is 18.0 Å². The Labute approximate surface area is 204 Å². The van der Waals surface area contributed by atoms with Crippen molar-refractivity contribution in [1.29, 1.82) is 0 Å². The number of hydrogen-bond acceptors (Lipinski definition) is 8. The number of nitrogens with one attached hydrogen (secondary N) is 2. The lowest BCUT2D eigenvalue weighted by molar-refractivity contribution is -0.143. The first-order valence-electron chi connectivity index (χ1n) is 11.0. The zero-order chi connectivity index (χ0) is 25.4. The molecule has 2 N–H and O–H groups in total. The molecule has 4 rings (SSSR count). The highest BCUT2D eigenvalue weighted by Gasteiger charge is 2.36. The largest absolute Gasteiger partial charge is 0.444 e. The van der Waals surface area contributed by atoms with Gasteiger partial charge < -0.3 is 19.9 Å². The molecule has 0 aromatic carbocycles. The number of carbonyl (C=O) groups is 1. The number of anilines is 1.